The van der Waals surface area contributed by atoms with E-state index in [2.05, 4.69) is 10.1 Å². The SMILES string of the molecule is COC(=O)CCSCCNC(=O)OC(C)(C)C. The fraction of sp³-hybridized carbons (Fsp3) is 0.818. The molecule has 0 aromatic heterocycles. The van der Waals surface area contributed by atoms with Gasteiger partial charge in [0.15, 0.2) is 0 Å². The molecule has 0 aliphatic rings. The van der Waals surface area contributed by atoms with Crippen LogP contribution in [0.5, 0.6) is 0 Å². The molecule has 0 radical (unpaired) electrons. The lowest BCUT2D eigenvalue weighted by Gasteiger charge is -2.19. The van der Waals surface area contributed by atoms with Crippen LogP contribution in [0.25, 0.3) is 0 Å². The summed E-state index contributed by atoms with van der Waals surface area (Å²) in [5, 5.41) is 2.64. The van der Waals surface area contributed by atoms with E-state index in [9.17, 15) is 9.59 Å². The zero-order valence-electron chi connectivity index (χ0n) is 10.9. The first-order chi connectivity index (χ1) is 7.85. The minimum atomic E-state index is -0.470. The Morgan fingerprint density at radius 3 is 2.41 bits per heavy atom. The summed E-state index contributed by atoms with van der Waals surface area (Å²) in [6, 6.07) is 0. The van der Waals surface area contributed by atoms with Crippen LogP contribution < -0.4 is 5.32 Å². The monoisotopic (exact) mass is 263 g/mol. The highest BCUT2D eigenvalue weighted by molar-refractivity contribution is 7.99. The Labute approximate surface area is 107 Å². The fourth-order valence-corrected chi connectivity index (χ4v) is 1.66. The predicted molar refractivity (Wildman–Crippen MR) is 68.2 cm³/mol. The molecular formula is C11H21NO4S. The number of rotatable bonds is 6. The average Bonchev–Trinajstić information content (AvgIpc) is 2.20. The van der Waals surface area contributed by atoms with Crippen molar-refractivity contribution in [3.8, 4) is 0 Å². The number of nitrogens with one attached hydrogen (secondary N) is 1. The standard InChI is InChI=1S/C11H21NO4S/c1-11(2,3)16-10(14)12-6-8-17-7-5-9(13)15-4/h5-8H2,1-4H3,(H,12,14). The highest BCUT2D eigenvalue weighted by Gasteiger charge is 2.15. The van der Waals surface area contributed by atoms with Gasteiger partial charge in [-0.05, 0) is 20.8 Å². The highest BCUT2D eigenvalue weighted by Crippen LogP contribution is 2.06. The van der Waals surface area contributed by atoms with Gasteiger partial charge in [0.2, 0.25) is 0 Å². The normalized spacial score (nSPS) is 10.8. The van der Waals surface area contributed by atoms with E-state index in [1.807, 2.05) is 20.8 Å². The van der Waals surface area contributed by atoms with E-state index in [0.29, 0.717) is 18.7 Å². The van der Waals surface area contributed by atoms with Crippen LogP contribution in [0.2, 0.25) is 0 Å². The number of thioether (sulfide) groups is 1. The van der Waals surface area contributed by atoms with Crippen LogP contribution in [-0.2, 0) is 14.3 Å². The van der Waals surface area contributed by atoms with E-state index in [-0.39, 0.29) is 5.97 Å². The first-order valence-corrected chi connectivity index (χ1v) is 6.62. The quantitative estimate of drug-likeness (QED) is 0.585. The number of esters is 1. The Hall–Kier alpha value is -0.910. The van der Waals surface area contributed by atoms with Crippen molar-refractivity contribution < 1.29 is 19.1 Å². The van der Waals surface area contributed by atoms with Crippen molar-refractivity contribution in [2.24, 2.45) is 0 Å². The smallest absolute Gasteiger partial charge is 0.407 e. The van der Waals surface area contributed by atoms with E-state index < -0.39 is 11.7 Å². The first-order valence-electron chi connectivity index (χ1n) is 5.46. The third-order valence-corrected chi connectivity index (χ3v) is 2.58. The van der Waals surface area contributed by atoms with Crippen molar-refractivity contribution in [2.75, 3.05) is 25.2 Å². The number of ether oxygens (including phenoxy) is 2. The van der Waals surface area contributed by atoms with Crippen LogP contribution >= 0.6 is 11.8 Å². The number of carbonyl (C=O) groups excluding carboxylic acids is 2. The number of carbonyl (C=O) groups is 2. The molecule has 0 heterocycles. The second-order valence-corrected chi connectivity index (χ2v) is 5.59. The lowest BCUT2D eigenvalue weighted by Crippen LogP contribution is -2.33. The lowest BCUT2D eigenvalue weighted by molar-refractivity contribution is -0.140. The molecule has 0 saturated carbocycles. The molecule has 100 valence electrons. The summed E-state index contributed by atoms with van der Waals surface area (Å²) in [6.07, 6.45) is -0.0146. The van der Waals surface area contributed by atoms with E-state index in [0.717, 1.165) is 5.75 Å². The maximum absolute atomic E-state index is 11.2. The van der Waals surface area contributed by atoms with E-state index >= 15 is 0 Å². The van der Waals surface area contributed by atoms with Crippen LogP contribution in [0.3, 0.4) is 0 Å². The van der Waals surface area contributed by atoms with Gasteiger partial charge in [0.1, 0.15) is 5.60 Å². The maximum atomic E-state index is 11.2. The van der Waals surface area contributed by atoms with Crippen LogP contribution in [-0.4, -0.2) is 42.8 Å². The summed E-state index contributed by atoms with van der Waals surface area (Å²) >= 11 is 1.59. The maximum Gasteiger partial charge on any atom is 0.407 e. The Kier molecular flexibility index (Phi) is 7.78. The molecule has 0 bridgehead atoms. The largest absolute Gasteiger partial charge is 0.469 e. The summed E-state index contributed by atoms with van der Waals surface area (Å²) in [6.45, 7) is 5.98. The van der Waals surface area contributed by atoms with Gasteiger partial charge in [-0.2, -0.15) is 11.8 Å². The van der Waals surface area contributed by atoms with Gasteiger partial charge in [0, 0.05) is 18.1 Å². The van der Waals surface area contributed by atoms with Crippen LogP contribution in [0.4, 0.5) is 4.79 Å². The third-order valence-electron chi connectivity index (χ3n) is 1.59. The summed E-state index contributed by atoms with van der Waals surface area (Å²) in [7, 11) is 1.37. The molecule has 1 N–H and O–H groups in total. The summed E-state index contributed by atoms with van der Waals surface area (Å²) < 4.78 is 9.57. The van der Waals surface area contributed by atoms with Crippen molar-refractivity contribution in [3.63, 3.8) is 0 Å². The molecule has 0 unspecified atom stereocenters. The molecule has 0 aromatic carbocycles. The van der Waals surface area contributed by atoms with Crippen LogP contribution in [0.15, 0.2) is 0 Å². The molecular weight excluding hydrogens is 242 g/mol. The van der Waals surface area contributed by atoms with Crippen molar-refractivity contribution in [3.05, 3.63) is 0 Å². The molecule has 6 heteroatoms. The molecule has 0 aliphatic heterocycles. The molecule has 0 saturated heterocycles. The predicted octanol–water partition coefficient (Wildman–Crippen LogP) is 1.81. The lowest BCUT2D eigenvalue weighted by atomic mass is 10.2. The van der Waals surface area contributed by atoms with E-state index in [1.54, 1.807) is 11.8 Å². The Balaban J connectivity index is 3.40. The molecule has 0 aromatic rings. The van der Waals surface area contributed by atoms with Gasteiger partial charge in [-0.1, -0.05) is 0 Å². The van der Waals surface area contributed by atoms with Gasteiger partial charge >= 0.3 is 12.1 Å². The van der Waals surface area contributed by atoms with Crippen molar-refractivity contribution in [1.82, 2.24) is 5.32 Å². The number of alkyl carbamates (subject to hydrolysis) is 1. The fourth-order valence-electron chi connectivity index (χ4n) is 0.899. The highest BCUT2D eigenvalue weighted by atomic mass is 32.2. The first kappa shape index (κ1) is 16.1. The minimum Gasteiger partial charge on any atom is -0.469 e. The molecule has 17 heavy (non-hydrogen) atoms. The molecule has 0 atom stereocenters. The number of hydrogen-bond acceptors (Lipinski definition) is 5. The third kappa shape index (κ3) is 11.4. The Morgan fingerprint density at radius 2 is 1.88 bits per heavy atom. The topological polar surface area (TPSA) is 64.6 Å². The van der Waals surface area contributed by atoms with Crippen LogP contribution in [0.1, 0.15) is 27.2 Å². The Bertz CT molecular complexity index is 250. The van der Waals surface area contributed by atoms with Crippen molar-refractivity contribution >= 4 is 23.8 Å². The number of methoxy groups -OCH3 is 1. The molecule has 0 rings (SSSR count). The van der Waals surface area contributed by atoms with Gasteiger partial charge in [-0.3, -0.25) is 4.79 Å². The van der Waals surface area contributed by atoms with Crippen LogP contribution in [0, 0.1) is 0 Å². The zero-order chi connectivity index (χ0) is 13.3. The molecule has 1 amide bonds. The Morgan fingerprint density at radius 1 is 1.24 bits per heavy atom. The second-order valence-electron chi connectivity index (χ2n) is 4.37. The molecule has 0 spiro atoms. The molecule has 0 aliphatic carbocycles. The van der Waals surface area contributed by atoms with E-state index in [4.69, 9.17) is 4.74 Å². The number of hydrogen-bond donors (Lipinski definition) is 1. The average molecular weight is 263 g/mol. The second kappa shape index (κ2) is 8.22. The molecule has 0 fully saturated rings. The molecule has 5 nitrogen and oxygen atoms in total. The van der Waals surface area contributed by atoms with Crippen molar-refractivity contribution in [2.45, 2.75) is 32.8 Å². The summed E-state index contributed by atoms with van der Waals surface area (Å²) in [4.78, 5) is 22.0. The van der Waals surface area contributed by atoms with E-state index in [1.165, 1.54) is 7.11 Å². The van der Waals surface area contributed by atoms with Gasteiger partial charge in [0.25, 0.3) is 0 Å². The van der Waals surface area contributed by atoms with Crippen molar-refractivity contribution in [1.29, 1.82) is 0 Å². The minimum absolute atomic E-state index is 0.211. The van der Waals surface area contributed by atoms with Gasteiger partial charge in [0.05, 0.1) is 13.5 Å². The zero-order valence-corrected chi connectivity index (χ0v) is 11.7. The summed E-state index contributed by atoms with van der Waals surface area (Å²) in [5.74, 6) is 1.23. The van der Waals surface area contributed by atoms with Gasteiger partial charge in [-0.15, -0.1) is 0 Å². The summed E-state index contributed by atoms with van der Waals surface area (Å²) in [5.41, 5.74) is -0.470. The number of amides is 1. The van der Waals surface area contributed by atoms with Gasteiger partial charge < -0.3 is 14.8 Å². The van der Waals surface area contributed by atoms with Gasteiger partial charge in [-0.25, -0.2) is 4.79 Å².